The van der Waals surface area contributed by atoms with Crippen LogP contribution in [0.5, 0.6) is 0 Å². The molecule has 1 saturated heterocycles. The topological polar surface area (TPSA) is 42.9 Å². The Bertz CT molecular complexity index is 519. The summed E-state index contributed by atoms with van der Waals surface area (Å²) in [4.78, 5) is 8.96. The maximum Gasteiger partial charge on any atom is 0.191 e. The van der Waals surface area contributed by atoms with Gasteiger partial charge in [-0.05, 0) is 32.1 Å². The van der Waals surface area contributed by atoms with E-state index in [-0.39, 0.29) is 5.82 Å². The summed E-state index contributed by atoms with van der Waals surface area (Å²) < 4.78 is 13.6. The fourth-order valence-electron chi connectivity index (χ4n) is 2.77. The molecule has 128 valence electrons. The maximum absolute atomic E-state index is 13.6. The van der Waals surface area contributed by atoms with Gasteiger partial charge in [0.1, 0.15) is 5.82 Å². The van der Waals surface area contributed by atoms with Crippen LogP contribution in [-0.2, 0) is 6.42 Å². The second-order valence-electron chi connectivity index (χ2n) is 6.12. The van der Waals surface area contributed by atoms with Gasteiger partial charge in [-0.1, -0.05) is 18.2 Å². The van der Waals surface area contributed by atoms with E-state index in [1.165, 1.54) is 6.07 Å². The maximum atomic E-state index is 13.6. The summed E-state index contributed by atoms with van der Waals surface area (Å²) in [7, 11) is 6.07. The smallest absolute Gasteiger partial charge is 0.191 e. The van der Waals surface area contributed by atoms with Crippen LogP contribution in [0.15, 0.2) is 29.3 Å². The number of benzene rings is 1. The Balaban J connectivity index is 1.74. The molecule has 1 aromatic rings. The highest BCUT2D eigenvalue weighted by atomic mass is 19.1. The molecule has 23 heavy (non-hydrogen) atoms. The van der Waals surface area contributed by atoms with Crippen molar-refractivity contribution in [2.75, 3.05) is 53.9 Å². The first kappa shape index (κ1) is 17.7. The molecule has 0 bridgehead atoms. The van der Waals surface area contributed by atoms with Crippen molar-refractivity contribution >= 4 is 5.96 Å². The van der Waals surface area contributed by atoms with E-state index in [4.69, 9.17) is 0 Å². The Labute approximate surface area is 138 Å². The Hall–Kier alpha value is -1.66. The van der Waals surface area contributed by atoms with Crippen molar-refractivity contribution < 1.29 is 4.39 Å². The molecule has 1 fully saturated rings. The van der Waals surface area contributed by atoms with E-state index < -0.39 is 0 Å². The van der Waals surface area contributed by atoms with Crippen LogP contribution in [-0.4, -0.2) is 75.7 Å². The molecule has 1 aromatic carbocycles. The minimum atomic E-state index is -0.149. The molecule has 0 spiro atoms. The van der Waals surface area contributed by atoms with Gasteiger partial charge in [0.25, 0.3) is 0 Å². The average Bonchev–Trinajstić information content (AvgIpc) is 2.55. The number of rotatable bonds is 5. The largest absolute Gasteiger partial charge is 0.356 e. The lowest BCUT2D eigenvalue weighted by molar-refractivity contribution is 0.116. The van der Waals surface area contributed by atoms with Gasteiger partial charge in [0.05, 0.1) is 0 Å². The monoisotopic (exact) mass is 321 g/mol. The highest BCUT2D eigenvalue weighted by Gasteiger charge is 2.21. The van der Waals surface area contributed by atoms with Gasteiger partial charge in [-0.15, -0.1) is 0 Å². The first-order valence-corrected chi connectivity index (χ1v) is 8.17. The lowest BCUT2D eigenvalue weighted by Gasteiger charge is -2.37. The van der Waals surface area contributed by atoms with E-state index in [0.717, 1.165) is 37.7 Å². The molecular formula is C17H28FN5. The second-order valence-corrected chi connectivity index (χ2v) is 6.12. The predicted octanol–water partition coefficient (Wildman–Crippen LogP) is 0.779. The molecule has 0 amide bonds. The Morgan fingerprint density at radius 1 is 1.26 bits per heavy atom. The summed E-state index contributed by atoms with van der Waals surface area (Å²) in [6, 6.07) is 7.36. The van der Waals surface area contributed by atoms with Gasteiger partial charge in [-0.2, -0.15) is 0 Å². The molecule has 6 heteroatoms. The molecular weight excluding hydrogens is 293 g/mol. The summed E-state index contributed by atoms with van der Waals surface area (Å²) in [5.74, 6) is 0.618. The number of hydrogen-bond donors (Lipinski definition) is 2. The van der Waals surface area contributed by atoms with E-state index in [2.05, 4.69) is 39.5 Å². The Morgan fingerprint density at radius 3 is 2.78 bits per heavy atom. The normalized spacial score (nSPS) is 20.5. The average molecular weight is 321 g/mol. The fraction of sp³-hybridized carbons (Fsp3) is 0.588. The number of nitrogens with zero attached hydrogens (tertiary/aromatic N) is 3. The summed E-state index contributed by atoms with van der Waals surface area (Å²) in [6.07, 6.45) is 0.638. The number of aliphatic imine (C=N–C) groups is 1. The second kappa shape index (κ2) is 8.84. The van der Waals surface area contributed by atoms with E-state index >= 15 is 0 Å². The van der Waals surface area contributed by atoms with Crippen molar-refractivity contribution in [2.45, 2.75) is 12.5 Å². The zero-order valence-electron chi connectivity index (χ0n) is 14.3. The molecule has 0 saturated carbocycles. The van der Waals surface area contributed by atoms with Crippen LogP contribution in [0.3, 0.4) is 0 Å². The zero-order chi connectivity index (χ0) is 16.7. The quantitative estimate of drug-likeness (QED) is 0.621. The van der Waals surface area contributed by atoms with Crippen molar-refractivity contribution in [2.24, 2.45) is 4.99 Å². The van der Waals surface area contributed by atoms with Gasteiger partial charge in [-0.25, -0.2) is 4.39 Å². The molecule has 2 rings (SSSR count). The van der Waals surface area contributed by atoms with E-state index in [1.807, 2.05) is 12.1 Å². The van der Waals surface area contributed by atoms with E-state index in [1.54, 1.807) is 13.1 Å². The van der Waals surface area contributed by atoms with E-state index in [9.17, 15) is 4.39 Å². The van der Waals surface area contributed by atoms with Crippen LogP contribution >= 0.6 is 0 Å². The molecule has 1 aliphatic rings. The Morgan fingerprint density at radius 2 is 2.04 bits per heavy atom. The zero-order valence-corrected chi connectivity index (χ0v) is 14.3. The lowest BCUT2D eigenvalue weighted by atomic mass is 10.1. The van der Waals surface area contributed by atoms with E-state index in [0.29, 0.717) is 19.0 Å². The third-order valence-corrected chi connectivity index (χ3v) is 4.35. The van der Waals surface area contributed by atoms with Crippen molar-refractivity contribution in [1.29, 1.82) is 0 Å². The van der Waals surface area contributed by atoms with Crippen LogP contribution in [0.25, 0.3) is 0 Å². The summed E-state index contributed by atoms with van der Waals surface area (Å²) in [5.41, 5.74) is 0.726. The summed E-state index contributed by atoms with van der Waals surface area (Å²) in [6.45, 7) is 4.75. The molecule has 5 nitrogen and oxygen atoms in total. The first-order valence-electron chi connectivity index (χ1n) is 8.17. The van der Waals surface area contributed by atoms with Crippen LogP contribution in [0, 0.1) is 5.82 Å². The van der Waals surface area contributed by atoms with Gasteiger partial charge < -0.3 is 15.5 Å². The van der Waals surface area contributed by atoms with Crippen LogP contribution in [0.1, 0.15) is 5.56 Å². The molecule has 1 heterocycles. The number of nitrogens with one attached hydrogen (secondary N) is 2. The molecule has 2 N–H and O–H groups in total. The molecule has 1 aliphatic heterocycles. The van der Waals surface area contributed by atoms with Crippen LogP contribution in [0.2, 0.25) is 0 Å². The standard InChI is InChI=1S/C17H28FN5/c1-19-17(20-9-8-14-6-4-5-7-16(14)18)21-12-15-13-22(2)10-11-23(15)3/h4-7,15H,8-13H2,1-3H3,(H2,19,20,21). The Kier molecular flexibility index (Phi) is 6.80. The van der Waals surface area contributed by atoms with Crippen LogP contribution in [0.4, 0.5) is 4.39 Å². The van der Waals surface area contributed by atoms with Crippen molar-refractivity contribution in [3.8, 4) is 0 Å². The van der Waals surface area contributed by atoms with Crippen LogP contribution < -0.4 is 10.6 Å². The number of hydrogen-bond acceptors (Lipinski definition) is 3. The highest BCUT2D eigenvalue weighted by molar-refractivity contribution is 5.79. The van der Waals surface area contributed by atoms with Crippen molar-refractivity contribution in [3.63, 3.8) is 0 Å². The molecule has 1 atom stereocenters. The number of piperazine rings is 1. The van der Waals surface area contributed by atoms with Crippen molar-refractivity contribution in [3.05, 3.63) is 35.6 Å². The lowest BCUT2D eigenvalue weighted by Crippen LogP contribution is -2.55. The predicted molar refractivity (Wildman–Crippen MR) is 93.4 cm³/mol. The summed E-state index contributed by atoms with van der Waals surface area (Å²) >= 11 is 0. The molecule has 0 radical (unpaired) electrons. The SMILES string of the molecule is CN=C(NCCc1ccccc1F)NCC1CN(C)CCN1C. The van der Waals surface area contributed by atoms with Gasteiger partial charge in [0.2, 0.25) is 0 Å². The van der Waals surface area contributed by atoms with Gasteiger partial charge in [0.15, 0.2) is 5.96 Å². The molecule has 1 unspecified atom stereocenters. The van der Waals surface area contributed by atoms with Gasteiger partial charge >= 0.3 is 0 Å². The van der Waals surface area contributed by atoms with Gasteiger partial charge in [-0.3, -0.25) is 9.89 Å². The number of likely N-dealkylation sites (N-methyl/N-ethyl adjacent to an activating group) is 2. The summed E-state index contributed by atoms with van der Waals surface area (Å²) in [5, 5.41) is 6.62. The minimum absolute atomic E-state index is 0.149. The number of guanidine groups is 1. The fourth-order valence-corrected chi connectivity index (χ4v) is 2.77. The van der Waals surface area contributed by atoms with Gasteiger partial charge in [0, 0.05) is 45.8 Å². The highest BCUT2D eigenvalue weighted by Crippen LogP contribution is 2.06. The minimum Gasteiger partial charge on any atom is -0.356 e. The third-order valence-electron chi connectivity index (χ3n) is 4.35. The third kappa shape index (κ3) is 5.48. The van der Waals surface area contributed by atoms with Crippen molar-refractivity contribution in [1.82, 2.24) is 20.4 Å². The number of halogens is 1. The molecule has 0 aromatic heterocycles. The molecule has 0 aliphatic carbocycles. The first-order chi connectivity index (χ1) is 11.1.